The van der Waals surface area contributed by atoms with Gasteiger partial charge in [-0.25, -0.2) is 14.5 Å². The molecule has 8 heteroatoms. The molecule has 0 bridgehead atoms. The van der Waals surface area contributed by atoms with E-state index in [1.807, 2.05) is 19.9 Å². The van der Waals surface area contributed by atoms with Crippen LogP contribution in [0.2, 0.25) is 0 Å². The first-order chi connectivity index (χ1) is 13.1. The van der Waals surface area contributed by atoms with Crippen LogP contribution in [0.4, 0.5) is 0 Å². The second kappa shape index (κ2) is 6.16. The van der Waals surface area contributed by atoms with Crippen LogP contribution in [0.1, 0.15) is 51.6 Å². The molecular formula is C19H21N5O3. The van der Waals surface area contributed by atoms with Crippen molar-refractivity contribution in [2.75, 3.05) is 19.8 Å². The Morgan fingerprint density at radius 1 is 1.26 bits per heavy atom. The van der Waals surface area contributed by atoms with Gasteiger partial charge in [0.25, 0.3) is 5.91 Å². The maximum Gasteiger partial charge on any atom is 0.274 e. The fraction of sp³-hybridized carbons (Fsp3) is 0.474. The minimum atomic E-state index is -0.100. The second-order valence-corrected chi connectivity index (χ2v) is 7.30. The number of carbonyl (C=O) groups excluding carboxylic acids is 1. The summed E-state index contributed by atoms with van der Waals surface area (Å²) in [5, 5.41) is 4.46. The number of nitrogens with zero attached hydrogens (tertiary/aromatic N) is 5. The summed E-state index contributed by atoms with van der Waals surface area (Å²) in [6, 6.07) is 3.70. The van der Waals surface area contributed by atoms with Crippen LogP contribution in [0.3, 0.4) is 0 Å². The summed E-state index contributed by atoms with van der Waals surface area (Å²) in [5.41, 5.74) is 3.82. The lowest BCUT2D eigenvalue weighted by atomic mass is 10.1. The van der Waals surface area contributed by atoms with Crippen LogP contribution in [0.15, 0.2) is 16.5 Å². The van der Waals surface area contributed by atoms with Gasteiger partial charge in [-0.05, 0) is 26.3 Å². The lowest BCUT2D eigenvalue weighted by Crippen LogP contribution is -2.36. The van der Waals surface area contributed by atoms with Gasteiger partial charge in [0.2, 0.25) is 0 Å². The summed E-state index contributed by atoms with van der Waals surface area (Å²) < 4.78 is 13.1. The topological polar surface area (TPSA) is 85.8 Å². The Labute approximate surface area is 156 Å². The number of amides is 1. The van der Waals surface area contributed by atoms with E-state index in [-0.39, 0.29) is 11.8 Å². The van der Waals surface area contributed by atoms with Crippen LogP contribution in [-0.4, -0.2) is 50.1 Å². The number of rotatable bonds is 2. The number of hydrogen-bond acceptors (Lipinski definition) is 6. The molecule has 140 valence electrons. The summed E-state index contributed by atoms with van der Waals surface area (Å²) in [6.45, 7) is 6.36. The van der Waals surface area contributed by atoms with E-state index in [1.54, 1.807) is 15.5 Å². The maximum absolute atomic E-state index is 13.0. The van der Waals surface area contributed by atoms with Crippen molar-refractivity contribution in [2.45, 2.75) is 39.2 Å². The molecule has 3 aromatic rings. The van der Waals surface area contributed by atoms with Crippen LogP contribution in [0.25, 0.3) is 5.65 Å². The zero-order valence-electron chi connectivity index (χ0n) is 15.4. The average Bonchev–Trinajstić information content (AvgIpc) is 3.38. The molecule has 1 saturated heterocycles. The Kier molecular flexibility index (Phi) is 3.75. The van der Waals surface area contributed by atoms with Crippen LogP contribution in [0.5, 0.6) is 0 Å². The van der Waals surface area contributed by atoms with E-state index >= 15 is 0 Å². The van der Waals surface area contributed by atoms with Gasteiger partial charge in [-0.1, -0.05) is 0 Å². The minimum Gasteiger partial charge on any atom is -0.445 e. The zero-order valence-corrected chi connectivity index (χ0v) is 15.4. The van der Waals surface area contributed by atoms with Crippen molar-refractivity contribution in [1.82, 2.24) is 24.5 Å². The monoisotopic (exact) mass is 367 g/mol. The smallest absolute Gasteiger partial charge is 0.274 e. The number of oxazole rings is 1. The lowest BCUT2D eigenvalue weighted by molar-refractivity contribution is 0.0721. The Hall–Kier alpha value is -2.74. The quantitative estimate of drug-likeness (QED) is 0.689. The summed E-state index contributed by atoms with van der Waals surface area (Å²) in [4.78, 5) is 23.9. The van der Waals surface area contributed by atoms with Crippen LogP contribution >= 0.6 is 0 Å². The predicted molar refractivity (Wildman–Crippen MR) is 95.6 cm³/mol. The van der Waals surface area contributed by atoms with E-state index in [0.29, 0.717) is 37.5 Å². The molecule has 0 spiro atoms. The number of hydrogen-bond donors (Lipinski definition) is 0. The fourth-order valence-corrected chi connectivity index (χ4v) is 3.85. The molecule has 0 N–H and O–H groups in total. The third kappa shape index (κ3) is 2.80. The third-order valence-electron chi connectivity index (χ3n) is 5.26. The first kappa shape index (κ1) is 16.4. The van der Waals surface area contributed by atoms with E-state index in [0.717, 1.165) is 41.8 Å². The normalized spacial score (nSPS) is 19.6. The van der Waals surface area contributed by atoms with Crippen LogP contribution in [0, 0.1) is 13.8 Å². The van der Waals surface area contributed by atoms with Gasteiger partial charge in [0.15, 0.2) is 17.2 Å². The molecule has 1 atom stereocenters. The van der Waals surface area contributed by atoms with E-state index in [4.69, 9.17) is 9.15 Å². The first-order valence-electron chi connectivity index (χ1n) is 9.28. The van der Waals surface area contributed by atoms with E-state index in [9.17, 15) is 4.79 Å². The van der Waals surface area contributed by atoms with Gasteiger partial charge < -0.3 is 14.1 Å². The van der Waals surface area contributed by atoms with Gasteiger partial charge in [-0.3, -0.25) is 4.79 Å². The standard InChI is InChI=1S/C19H21N5O3/c1-11-7-12(2)24-17(20-11)8-14(22-24)19(25)23-5-3-16-15(9-23)21-18(27-16)13-4-6-26-10-13/h7-8,13H,3-6,9-10H2,1-2H3. The Morgan fingerprint density at radius 2 is 2.15 bits per heavy atom. The van der Waals surface area contributed by atoms with E-state index < -0.39 is 0 Å². The molecule has 5 heterocycles. The highest BCUT2D eigenvalue weighted by Crippen LogP contribution is 2.29. The molecule has 2 aliphatic heterocycles. The summed E-state index contributed by atoms with van der Waals surface area (Å²) in [5.74, 6) is 1.77. The average molecular weight is 367 g/mol. The Bertz CT molecular complexity index is 1030. The first-order valence-corrected chi connectivity index (χ1v) is 9.28. The van der Waals surface area contributed by atoms with Crippen molar-refractivity contribution in [3.8, 4) is 0 Å². The number of aryl methyl sites for hydroxylation is 2. The highest BCUT2D eigenvalue weighted by atomic mass is 16.5. The zero-order chi connectivity index (χ0) is 18.5. The number of fused-ring (bicyclic) bond motifs is 2. The molecule has 1 fully saturated rings. The van der Waals surface area contributed by atoms with Crippen LogP contribution in [-0.2, 0) is 17.7 Å². The molecule has 1 amide bonds. The number of aromatic nitrogens is 4. The highest BCUT2D eigenvalue weighted by Gasteiger charge is 2.30. The highest BCUT2D eigenvalue weighted by molar-refractivity contribution is 5.93. The fourth-order valence-electron chi connectivity index (χ4n) is 3.85. The third-order valence-corrected chi connectivity index (χ3v) is 5.26. The van der Waals surface area contributed by atoms with Gasteiger partial charge in [0.05, 0.1) is 19.1 Å². The molecule has 0 radical (unpaired) electrons. The molecule has 0 aliphatic carbocycles. The second-order valence-electron chi connectivity index (χ2n) is 7.30. The predicted octanol–water partition coefficient (Wildman–Crippen LogP) is 2.04. The maximum atomic E-state index is 13.0. The van der Waals surface area contributed by atoms with Crippen molar-refractivity contribution in [1.29, 1.82) is 0 Å². The molecule has 8 nitrogen and oxygen atoms in total. The minimum absolute atomic E-state index is 0.100. The molecular weight excluding hydrogens is 346 g/mol. The Balaban J connectivity index is 1.39. The SMILES string of the molecule is Cc1cc(C)n2nc(C(=O)N3CCc4oc(C5CCOC5)nc4C3)cc2n1. The van der Waals surface area contributed by atoms with E-state index in [2.05, 4.69) is 15.1 Å². The van der Waals surface area contributed by atoms with Crippen molar-refractivity contribution in [3.05, 3.63) is 46.6 Å². The van der Waals surface area contributed by atoms with Gasteiger partial charge in [0, 0.05) is 37.0 Å². The molecule has 2 aliphatic rings. The van der Waals surface area contributed by atoms with Crippen molar-refractivity contribution < 1.29 is 13.9 Å². The molecule has 1 unspecified atom stereocenters. The summed E-state index contributed by atoms with van der Waals surface area (Å²) in [7, 11) is 0. The van der Waals surface area contributed by atoms with Crippen molar-refractivity contribution in [3.63, 3.8) is 0 Å². The summed E-state index contributed by atoms with van der Waals surface area (Å²) >= 11 is 0. The molecule has 27 heavy (non-hydrogen) atoms. The summed E-state index contributed by atoms with van der Waals surface area (Å²) in [6.07, 6.45) is 1.61. The molecule has 0 saturated carbocycles. The van der Waals surface area contributed by atoms with E-state index in [1.165, 1.54) is 0 Å². The van der Waals surface area contributed by atoms with Gasteiger partial charge in [-0.15, -0.1) is 0 Å². The lowest BCUT2D eigenvalue weighted by Gasteiger charge is -2.24. The number of ether oxygens (including phenoxy) is 1. The Morgan fingerprint density at radius 3 is 2.96 bits per heavy atom. The van der Waals surface area contributed by atoms with Crippen molar-refractivity contribution in [2.24, 2.45) is 0 Å². The molecule has 5 rings (SSSR count). The number of carbonyl (C=O) groups is 1. The van der Waals surface area contributed by atoms with Crippen molar-refractivity contribution >= 4 is 11.6 Å². The van der Waals surface area contributed by atoms with Crippen LogP contribution < -0.4 is 0 Å². The van der Waals surface area contributed by atoms with Gasteiger partial charge in [0.1, 0.15) is 11.5 Å². The molecule has 0 aromatic carbocycles. The van der Waals surface area contributed by atoms with Gasteiger partial charge >= 0.3 is 0 Å². The largest absolute Gasteiger partial charge is 0.445 e. The molecule has 3 aromatic heterocycles. The van der Waals surface area contributed by atoms with Gasteiger partial charge in [-0.2, -0.15) is 5.10 Å².